The molecule has 2 rings (SSSR count). The maximum Gasteiger partial charge on any atom is 0.309 e. The van der Waals surface area contributed by atoms with Gasteiger partial charge in [0.2, 0.25) is 0 Å². The predicted octanol–water partition coefficient (Wildman–Crippen LogP) is 1.41. The summed E-state index contributed by atoms with van der Waals surface area (Å²) in [6, 6.07) is 0. The van der Waals surface area contributed by atoms with Crippen molar-refractivity contribution in [1.29, 1.82) is 0 Å². The summed E-state index contributed by atoms with van der Waals surface area (Å²) >= 11 is 0. The van der Waals surface area contributed by atoms with Crippen molar-refractivity contribution >= 4 is 11.8 Å². The summed E-state index contributed by atoms with van der Waals surface area (Å²) in [4.78, 5) is 23.1. The Hall–Kier alpha value is -0.860. The van der Waals surface area contributed by atoms with Crippen molar-refractivity contribution in [2.24, 2.45) is 23.2 Å². The van der Waals surface area contributed by atoms with E-state index >= 15 is 0 Å². The highest BCUT2D eigenvalue weighted by Crippen LogP contribution is 2.58. The van der Waals surface area contributed by atoms with E-state index in [1.165, 1.54) is 7.11 Å². The lowest BCUT2D eigenvalue weighted by atomic mass is 9.80. The number of carbonyl (C=O) groups excluding carboxylic acids is 2. The molecule has 0 amide bonds. The fourth-order valence-electron chi connectivity index (χ4n) is 3.26. The van der Waals surface area contributed by atoms with Crippen LogP contribution in [0.15, 0.2) is 0 Å². The first-order valence-corrected chi connectivity index (χ1v) is 5.09. The zero-order valence-corrected chi connectivity index (χ0v) is 8.87. The van der Waals surface area contributed by atoms with Gasteiger partial charge < -0.3 is 4.74 Å². The fraction of sp³-hybridized carbons (Fsp3) is 0.818. The summed E-state index contributed by atoms with van der Waals surface area (Å²) in [6.45, 7) is 4.19. The molecule has 3 atom stereocenters. The van der Waals surface area contributed by atoms with Crippen LogP contribution >= 0.6 is 0 Å². The molecule has 0 saturated heterocycles. The van der Waals surface area contributed by atoms with Gasteiger partial charge in [-0.05, 0) is 17.8 Å². The van der Waals surface area contributed by atoms with E-state index < -0.39 is 0 Å². The zero-order chi connectivity index (χ0) is 10.5. The summed E-state index contributed by atoms with van der Waals surface area (Å²) in [5.74, 6) is 0.144. The summed E-state index contributed by atoms with van der Waals surface area (Å²) in [5, 5.41) is 0. The first-order chi connectivity index (χ1) is 6.48. The summed E-state index contributed by atoms with van der Waals surface area (Å²) in [7, 11) is 1.39. The van der Waals surface area contributed by atoms with E-state index in [2.05, 4.69) is 13.8 Å². The van der Waals surface area contributed by atoms with Gasteiger partial charge in [-0.1, -0.05) is 13.8 Å². The monoisotopic (exact) mass is 196 g/mol. The highest BCUT2D eigenvalue weighted by atomic mass is 16.5. The van der Waals surface area contributed by atoms with Gasteiger partial charge in [0.15, 0.2) is 0 Å². The molecule has 2 aliphatic rings. The number of ketones is 1. The third-order valence-corrected chi connectivity index (χ3v) is 4.09. The van der Waals surface area contributed by atoms with Crippen LogP contribution in [0, 0.1) is 23.2 Å². The fourth-order valence-corrected chi connectivity index (χ4v) is 3.26. The maximum absolute atomic E-state index is 11.7. The van der Waals surface area contributed by atoms with Crippen molar-refractivity contribution in [2.45, 2.75) is 26.7 Å². The van der Waals surface area contributed by atoms with Gasteiger partial charge in [0.05, 0.1) is 13.0 Å². The molecule has 0 radical (unpaired) electrons. The summed E-state index contributed by atoms with van der Waals surface area (Å²) in [6.07, 6.45) is 1.49. The number of rotatable bonds is 1. The van der Waals surface area contributed by atoms with Crippen LogP contribution in [-0.4, -0.2) is 18.9 Å². The normalized spacial score (nSPS) is 38.8. The molecule has 2 bridgehead atoms. The smallest absolute Gasteiger partial charge is 0.309 e. The van der Waals surface area contributed by atoms with E-state index in [0.29, 0.717) is 12.3 Å². The molecular formula is C11H16O3. The van der Waals surface area contributed by atoms with Crippen molar-refractivity contribution in [3.8, 4) is 0 Å². The number of esters is 1. The minimum Gasteiger partial charge on any atom is -0.469 e. The minimum absolute atomic E-state index is 0.00403. The van der Waals surface area contributed by atoms with Gasteiger partial charge in [-0.25, -0.2) is 0 Å². The quantitative estimate of drug-likeness (QED) is 0.595. The molecule has 78 valence electrons. The van der Waals surface area contributed by atoms with E-state index in [-0.39, 0.29) is 29.0 Å². The molecule has 3 unspecified atom stereocenters. The van der Waals surface area contributed by atoms with Crippen LogP contribution in [-0.2, 0) is 14.3 Å². The van der Waals surface area contributed by atoms with Gasteiger partial charge in [0.1, 0.15) is 5.78 Å². The van der Waals surface area contributed by atoms with Crippen LogP contribution in [0.1, 0.15) is 26.7 Å². The largest absolute Gasteiger partial charge is 0.469 e. The van der Waals surface area contributed by atoms with Crippen molar-refractivity contribution in [3.63, 3.8) is 0 Å². The highest BCUT2D eigenvalue weighted by Gasteiger charge is 2.60. The minimum atomic E-state index is -0.210. The molecular weight excluding hydrogens is 180 g/mol. The lowest BCUT2D eigenvalue weighted by molar-refractivity contribution is -0.150. The van der Waals surface area contributed by atoms with Gasteiger partial charge in [-0.3, -0.25) is 9.59 Å². The van der Waals surface area contributed by atoms with Crippen molar-refractivity contribution < 1.29 is 14.3 Å². The molecule has 2 fully saturated rings. The molecule has 2 aliphatic carbocycles. The number of fused-ring (bicyclic) bond motifs is 2. The van der Waals surface area contributed by atoms with E-state index in [1.807, 2.05) is 0 Å². The molecule has 0 heterocycles. The van der Waals surface area contributed by atoms with Gasteiger partial charge in [-0.15, -0.1) is 0 Å². The van der Waals surface area contributed by atoms with Gasteiger partial charge in [0, 0.05) is 12.3 Å². The Morgan fingerprint density at radius 2 is 2.14 bits per heavy atom. The molecule has 3 heteroatoms. The molecule has 3 nitrogen and oxygen atoms in total. The molecule has 0 aromatic carbocycles. The Bertz CT molecular complexity index is 293. The third kappa shape index (κ3) is 1.04. The maximum atomic E-state index is 11.7. The van der Waals surface area contributed by atoms with Crippen LogP contribution in [0.2, 0.25) is 0 Å². The molecule has 0 aromatic heterocycles. The predicted molar refractivity (Wildman–Crippen MR) is 50.5 cm³/mol. The molecule has 0 N–H and O–H groups in total. The summed E-state index contributed by atoms with van der Waals surface area (Å²) < 4.78 is 4.74. The second-order valence-corrected chi connectivity index (χ2v) is 5.03. The Labute approximate surface area is 83.8 Å². The van der Waals surface area contributed by atoms with E-state index in [9.17, 15) is 9.59 Å². The second kappa shape index (κ2) is 2.81. The zero-order valence-electron chi connectivity index (χ0n) is 8.87. The van der Waals surface area contributed by atoms with Crippen molar-refractivity contribution in [3.05, 3.63) is 0 Å². The number of ether oxygens (including phenoxy) is 1. The molecule has 2 saturated carbocycles. The third-order valence-electron chi connectivity index (χ3n) is 4.09. The molecule has 0 aliphatic heterocycles. The Morgan fingerprint density at radius 1 is 1.50 bits per heavy atom. The highest BCUT2D eigenvalue weighted by molar-refractivity contribution is 5.91. The number of carbonyl (C=O) groups is 2. The molecule has 0 aromatic rings. The van der Waals surface area contributed by atoms with Crippen molar-refractivity contribution in [1.82, 2.24) is 0 Å². The lowest BCUT2D eigenvalue weighted by Gasteiger charge is -2.23. The van der Waals surface area contributed by atoms with E-state index in [4.69, 9.17) is 4.74 Å². The average molecular weight is 196 g/mol. The van der Waals surface area contributed by atoms with Gasteiger partial charge >= 0.3 is 5.97 Å². The second-order valence-electron chi connectivity index (χ2n) is 5.03. The Balaban J connectivity index is 2.28. The number of hydrogen-bond acceptors (Lipinski definition) is 3. The van der Waals surface area contributed by atoms with Crippen LogP contribution < -0.4 is 0 Å². The first kappa shape index (κ1) is 9.69. The Kier molecular flexibility index (Phi) is 1.95. The number of hydrogen-bond donors (Lipinski definition) is 0. The number of methoxy groups -OCH3 is 1. The first-order valence-electron chi connectivity index (χ1n) is 5.09. The molecule has 14 heavy (non-hydrogen) atoms. The Morgan fingerprint density at radius 3 is 2.57 bits per heavy atom. The number of Topliss-reactive ketones (excluding diaryl/α,β-unsaturated/α-hetero) is 1. The van der Waals surface area contributed by atoms with E-state index in [1.54, 1.807) is 0 Å². The van der Waals surface area contributed by atoms with Crippen LogP contribution in [0.3, 0.4) is 0 Å². The van der Waals surface area contributed by atoms with Crippen molar-refractivity contribution in [2.75, 3.05) is 7.11 Å². The van der Waals surface area contributed by atoms with Crippen LogP contribution in [0.25, 0.3) is 0 Å². The average Bonchev–Trinajstić information content (AvgIpc) is 2.49. The van der Waals surface area contributed by atoms with Crippen LogP contribution in [0.5, 0.6) is 0 Å². The summed E-state index contributed by atoms with van der Waals surface area (Å²) in [5.41, 5.74) is -0.00403. The molecule has 0 spiro atoms. The SMILES string of the molecule is COC(=O)C1CC2CC(=O)C1C2(C)C. The van der Waals surface area contributed by atoms with Gasteiger partial charge in [-0.2, -0.15) is 0 Å². The topological polar surface area (TPSA) is 43.4 Å². The standard InChI is InChI=1S/C11H16O3/c1-11(2)6-4-7(10(13)14-3)9(11)8(12)5-6/h6-7,9H,4-5H2,1-3H3. The van der Waals surface area contributed by atoms with E-state index in [0.717, 1.165) is 6.42 Å². The van der Waals surface area contributed by atoms with Gasteiger partial charge in [0.25, 0.3) is 0 Å². The lowest BCUT2D eigenvalue weighted by Crippen LogP contribution is -2.31. The van der Waals surface area contributed by atoms with Crippen LogP contribution in [0.4, 0.5) is 0 Å².